The number of rotatable bonds is 8. The first-order valence-corrected chi connectivity index (χ1v) is 12.2. The molecule has 4 aromatic rings. The molecule has 0 saturated carbocycles. The van der Waals surface area contributed by atoms with Crippen molar-refractivity contribution in [2.45, 2.75) is 31.9 Å². The molecule has 2 unspecified atom stereocenters. The van der Waals surface area contributed by atoms with Gasteiger partial charge in [-0.15, -0.1) is 0 Å². The third kappa shape index (κ3) is 5.71. The molecule has 2 atom stereocenters. The van der Waals surface area contributed by atoms with E-state index in [2.05, 4.69) is 0 Å². The highest BCUT2D eigenvalue weighted by Crippen LogP contribution is 2.39. The van der Waals surface area contributed by atoms with Crippen molar-refractivity contribution in [3.8, 4) is 23.0 Å². The molecule has 43 heavy (non-hydrogen) atoms. The Morgan fingerprint density at radius 3 is 0.977 bits per heavy atom. The van der Waals surface area contributed by atoms with Crippen LogP contribution in [-0.4, -0.2) is 0 Å². The third-order valence-corrected chi connectivity index (χ3v) is 6.66. The van der Waals surface area contributed by atoms with Gasteiger partial charge in [-0.2, -0.15) is 17.6 Å². The zero-order chi connectivity index (χ0) is 32.0. The maximum absolute atomic E-state index is 14.3. The largest absolute Gasteiger partial charge is 0.451 e. The van der Waals surface area contributed by atoms with E-state index < -0.39 is 87.2 Å². The summed E-state index contributed by atoms with van der Waals surface area (Å²) in [6.45, 7) is 3.48. The molecule has 14 heteroatoms. The van der Waals surface area contributed by atoms with Crippen molar-refractivity contribution in [3.63, 3.8) is 0 Å². The van der Waals surface area contributed by atoms with Crippen LogP contribution in [0.5, 0.6) is 23.0 Å². The van der Waals surface area contributed by atoms with Crippen molar-refractivity contribution < 1.29 is 53.4 Å². The summed E-state index contributed by atoms with van der Waals surface area (Å²) >= 11 is 0. The van der Waals surface area contributed by atoms with Crippen molar-refractivity contribution in [1.82, 2.24) is 0 Å². The van der Waals surface area contributed by atoms with Crippen molar-refractivity contribution in [2.24, 2.45) is 11.5 Å². The van der Waals surface area contributed by atoms with E-state index in [1.165, 1.54) is 48.5 Å². The Bertz CT molecular complexity index is 1490. The molecule has 0 fully saturated rings. The molecule has 0 spiro atoms. The Balaban J connectivity index is 1.56. The Morgan fingerprint density at radius 2 is 0.744 bits per heavy atom. The molecule has 4 rings (SSSR count). The first kappa shape index (κ1) is 31.6. The summed E-state index contributed by atoms with van der Waals surface area (Å²) in [7, 11) is 0. The number of ether oxygens (including phenoxy) is 2. The fourth-order valence-corrected chi connectivity index (χ4v) is 4.20. The lowest BCUT2D eigenvalue weighted by atomic mass is 9.78. The predicted molar refractivity (Wildman–Crippen MR) is 134 cm³/mol. The number of benzene rings is 4. The van der Waals surface area contributed by atoms with Crippen LogP contribution in [0.2, 0.25) is 0 Å². The second-order valence-corrected chi connectivity index (χ2v) is 9.68. The number of hydrogen-bond acceptors (Lipinski definition) is 4. The number of halogens is 10. The smallest absolute Gasteiger partial charge is 0.205 e. The van der Waals surface area contributed by atoms with Crippen LogP contribution < -0.4 is 20.9 Å². The van der Waals surface area contributed by atoms with E-state index >= 15 is 0 Å². The Kier molecular flexibility index (Phi) is 8.65. The Morgan fingerprint density at radius 1 is 0.488 bits per heavy atom. The molecule has 0 saturated heterocycles. The van der Waals surface area contributed by atoms with Gasteiger partial charge in [-0.05, 0) is 35.4 Å². The molecule has 0 aliphatic rings. The number of alkyl halides is 2. The van der Waals surface area contributed by atoms with Gasteiger partial charge in [0.1, 0.15) is 11.5 Å². The first-order valence-electron chi connectivity index (χ1n) is 12.2. The summed E-state index contributed by atoms with van der Waals surface area (Å²) in [5.41, 5.74) is 6.57. The third-order valence-electron chi connectivity index (χ3n) is 6.66. The van der Waals surface area contributed by atoms with Gasteiger partial charge in [0, 0.05) is 5.41 Å². The van der Waals surface area contributed by atoms with E-state index in [-0.39, 0.29) is 11.5 Å². The predicted octanol–water partition coefficient (Wildman–Crippen LogP) is 8.56. The zero-order valence-electron chi connectivity index (χ0n) is 22.0. The summed E-state index contributed by atoms with van der Waals surface area (Å²) in [6.07, 6.45) is -5.64. The van der Waals surface area contributed by atoms with E-state index in [9.17, 15) is 43.9 Å². The molecule has 0 aromatic heterocycles. The molecule has 4 nitrogen and oxygen atoms in total. The Hall–Kier alpha value is -4.30. The van der Waals surface area contributed by atoms with Gasteiger partial charge in [0.15, 0.2) is 35.9 Å². The SMILES string of the molecule is CC(C)(c1ccc(Oc2c(F)c(F)c(C(N)F)c(F)c2F)cc1)c1ccc(Oc2c(F)c(F)c(C(N)F)c(F)c2F)cc1. The van der Waals surface area contributed by atoms with Gasteiger partial charge in [-0.1, -0.05) is 38.1 Å². The maximum atomic E-state index is 14.3. The molecular weight excluding hydrogens is 598 g/mol. The monoisotopic (exact) mass is 618 g/mol. The van der Waals surface area contributed by atoms with Crippen molar-refractivity contribution in [3.05, 3.63) is 117 Å². The van der Waals surface area contributed by atoms with Crippen LogP contribution in [0.4, 0.5) is 43.9 Å². The molecule has 0 amide bonds. The van der Waals surface area contributed by atoms with Gasteiger partial charge in [-0.25, -0.2) is 26.3 Å². The highest BCUT2D eigenvalue weighted by molar-refractivity contribution is 5.45. The zero-order valence-corrected chi connectivity index (χ0v) is 22.0. The Labute approximate surface area is 237 Å². The van der Waals surface area contributed by atoms with E-state index in [0.29, 0.717) is 11.1 Å². The topological polar surface area (TPSA) is 70.5 Å². The van der Waals surface area contributed by atoms with E-state index in [1.54, 1.807) is 13.8 Å². The number of hydrogen-bond donors (Lipinski definition) is 2. The van der Waals surface area contributed by atoms with E-state index in [1.807, 2.05) is 0 Å². The summed E-state index contributed by atoms with van der Waals surface area (Å²) in [6, 6.07) is 10.8. The van der Waals surface area contributed by atoms with Crippen molar-refractivity contribution >= 4 is 0 Å². The van der Waals surface area contributed by atoms with Crippen LogP contribution in [0.15, 0.2) is 48.5 Å². The minimum atomic E-state index is -2.82. The fraction of sp³-hybridized carbons (Fsp3) is 0.172. The molecule has 0 heterocycles. The molecule has 4 N–H and O–H groups in total. The van der Waals surface area contributed by atoms with Gasteiger partial charge in [0.25, 0.3) is 0 Å². The maximum Gasteiger partial charge on any atom is 0.205 e. The van der Waals surface area contributed by atoms with Crippen LogP contribution in [0.1, 0.15) is 48.7 Å². The minimum absolute atomic E-state index is 0.236. The summed E-state index contributed by atoms with van der Waals surface area (Å²) in [5, 5.41) is 0. The van der Waals surface area contributed by atoms with Gasteiger partial charge in [0.05, 0.1) is 11.1 Å². The van der Waals surface area contributed by atoms with E-state index in [0.717, 1.165) is 0 Å². The standard InChI is InChI=1S/C29H20F10N2O2/c1-29(2,11-3-7-13(8-4-11)42-25-21(34)17(30)15(27(38)40)18(31)22(25)35)12-5-9-14(10-6-12)43-26-23(36)19(32)16(28(39)41)20(33)24(26)37/h3-10,27-28H,40-41H2,1-2H3. The van der Waals surface area contributed by atoms with Crippen molar-refractivity contribution in [2.75, 3.05) is 0 Å². The number of nitrogens with two attached hydrogens (primary N) is 2. The van der Waals surface area contributed by atoms with Gasteiger partial charge in [0.2, 0.25) is 34.8 Å². The molecular formula is C29H20F10N2O2. The lowest BCUT2D eigenvalue weighted by molar-refractivity contribution is 0.303. The normalized spacial score (nSPS) is 13.2. The molecule has 0 bridgehead atoms. The highest BCUT2D eigenvalue weighted by atomic mass is 19.2. The average Bonchev–Trinajstić information content (AvgIpc) is 2.96. The molecule has 0 aliphatic carbocycles. The van der Waals surface area contributed by atoms with E-state index in [4.69, 9.17) is 20.9 Å². The van der Waals surface area contributed by atoms with Gasteiger partial charge < -0.3 is 9.47 Å². The summed E-state index contributed by atoms with van der Waals surface area (Å²) in [4.78, 5) is 0. The molecule has 0 aliphatic heterocycles. The molecule has 4 aromatic carbocycles. The van der Waals surface area contributed by atoms with Crippen LogP contribution >= 0.6 is 0 Å². The second-order valence-electron chi connectivity index (χ2n) is 9.68. The quantitative estimate of drug-likeness (QED) is 0.118. The average molecular weight is 618 g/mol. The van der Waals surface area contributed by atoms with Gasteiger partial charge in [-0.3, -0.25) is 11.5 Å². The van der Waals surface area contributed by atoms with Crippen molar-refractivity contribution in [1.29, 1.82) is 0 Å². The van der Waals surface area contributed by atoms with Crippen LogP contribution in [-0.2, 0) is 5.41 Å². The van der Waals surface area contributed by atoms with Crippen LogP contribution in [0, 0.1) is 46.5 Å². The van der Waals surface area contributed by atoms with Crippen LogP contribution in [0.3, 0.4) is 0 Å². The molecule has 0 radical (unpaired) electrons. The summed E-state index contributed by atoms with van der Waals surface area (Å²) in [5.74, 6) is -19.5. The van der Waals surface area contributed by atoms with Gasteiger partial charge >= 0.3 is 0 Å². The lowest BCUT2D eigenvalue weighted by Crippen LogP contribution is -2.18. The second kappa shape index (κ2) is 11.8. The fourth-order valence-electron chi connectivity index (χ4n) is 4.20. The first-order chi connectivity index (χ1) is 20.1. The minimum Gasteiger partial charge on any atom is -0.451 e. The van der Waals surface area contributed by atoms with Crippen LogP contribution in [0.25, 0.3) is 0 Å². The summed E-state index contributed by atoms with van der Waals surface area (Å²) < 4.78 is 150. The highest BCUT2D eigenvalue weighted by Gasteiger charge is 2.32. The lowest BCUT2D eigenvalue weighted by Gasteiger charge is -2.26. The molecule has 228 valence electrons.